The van der Waals surface area contributed by atoms with Gasteiger partial charge in [0.05, 0.1) is 16.8 Å². The standard InChI is InChI=1S/C24H30N4O3/c1-15-20(21(30)28(27(15)3)19-7-5-4-6-8-19)25-22(31)23-10-17-9-18(11-23)13-24(12-17,14-23)26-16(2)29/h4-8,17-18H,9-14H2,1-3H3,(H,25,31)(H,26,29)/t17-,18+,23?,24?. The molecular formula is C24H30N4O3. The minimum atomic E-state index is -0.515. The van der Waals surface area contributed by atoms with Crippen LogP contribution in [0.3, 0.4) is 0 Å². The molecule has 1 aromatic heterocycles. The van der Waals surface area contributed by atoms with Gasteiger partial charge in [-0.2, -0.15) is 0 Å². The van der Waals surface area contributed by atoms with E-state index in [1.807, 2.05) is 44.3 Å². The Morgan fingerprint density at radius 1 is 1.06 bits per heavy atom. The van der Waals surface area contributed by atoms with E-state index in [2.05, 4.69) is 10.6 Å². The van der Waals surface area contributed by atoms with Crippen LogP contribution >= 0.6 is 0 Å². The van der Waals surface area contributed by atoms with Gasteiger partial charge < -0.3 is 10.6 Å². The van der Waals surface area contributed by atoms with E-state index in [0.29, 0.717) is 23.9 Å². The highest BCUT2D eigenvalue weighted by molar-refractivity contribution is 5.96. The Bertz CT molecular complexity index is 1100. The van der Waals surface area contributed by atoms with Crippen molar-refractivity contribution in [3.8, 4) is 5.69 Å². The van der Waals surface area contributed by atoms with Crippen molar-refractivity contribution in [2.75, 3.05) is 5.32 Å². The highest BCUT2D eigenvalue weighted by atomic mass is 16.2. The van der Waals surface area contributed by atoms with Gasteiger partial charge in [-0.15, -0.1) is 0 Å². The smallest absolute Gasteiger partial charge is 0.295 e. The summed E-state index contributed by atoms with van der Waals surface area (Å²) >= 11 is 0. The van der Waals surface area contributed by atoms with Gasteiger partial charge in [-0.25, -0.2) is 4.68 Å². The van der Waals surface area contributed by atoms with E-state index in [1.54, 1.807) is 16.3 Å². The third-order valence-electron chi connectivity index (χ3n) is 7.78. The second kappa shape index (κ2) is 6.84. The summed E-state index contributed by atoms with van der Waals surface area (Å²) in [5.41, 5.74) is 0.824. The van der Waals surface area contributed by atoms with Crippen LogP contribution in [0.1, 0.15) is 51.1 Å². The molecule has 4 saturated carbocycles. The predicted molar refractivity (Wildman–Crippen MR) is 118 cm³/mol. The number of benzene rings is 1. The molecule has 2 aromatic rings. The van der Waals surface area contributed by atoms with E-state index in [-0.39, 0.29) is 22.9 Å². The number of carbonyl (C=O) groups excluding carboxylic acids is 2. The third-order valence-corrected chi connectivity index (χ3v) is 7.78. The van der Waals surface area contributed by atoms with E-state index >= 15 is 0 Å². The van der Waals surface area contributed by atoms with Crippen molar-refractivity contribution in [3.63, 3.8) is 0 Å². The molecule has 0 saturated heterocycles. The number of anilines is 1. The lowest BCUT2D eigenvalue weighted by Gasteiger charge is -2.61. The molecule has 7 heteroatoms. The topological polar surface area (TPSA) is 85.1 Å². The molecular weight excluding hydrogens is 392 g/mol. The van der Waals surface area contributed by atoms with Gasteiger partial charge in [0.1, 0.15) is 5.69 Å². The van der Waals surface area contributed by atoms with Crippen LogP contribution in [0.4, 0.5) is 5.69 Å². The van der Waals surface area contributed by atoms with E-state index in [1.165, 1.54) is 0 Å². The lowest BCUT2D eigenvalue weighted by molar-refractivity contribution is -0.148. The molecule has 4 bridgehead atoms. The lowest BCUT2D eigenvalue weighted by Crippen LogP contribution is -2.65. The summed E-state index contributed by atoms with van der Waals surface area (Å²) < 4.78 is 3.37. The predicted octanol–water partition coefficient (Wildman–Crippen LogP) is 2.90. The minimum Gasteiger partial charge on any atom is -0.351 e. The van der Waals surface area contributed by atoms with Gasteiger partial charge in [0.25, 0.3) is 5.56 Å². The molecule has 1 heterocycles. The SMILES string of the molecule is CC(=O)NC12C[C@H]3C[C@@H](C1)CC(C(=O)Nc1c(C)n(C)n(-c4ccccc4)c1=O)(C3)C2. The minimum absolute atomic E-state index is 0.0258. The van der Waals surface area contributed by atoms with E-state index < -0.39 is 5.41 Å². The molecule has 6 rings (SSSR count). The molecule has 0 radical (unpaired) electrons. The maximum atomic E-state index is 13.7. The monoisotopic (exact) mass is 422 g/mol. The van der Waals surface area contributed by atoms with Crippen LogP contribution in [-0.2, 0) is 16.6 Å². The summed E-state index contributed by atoms with van der Waals surface area (Å²) in [7, 11) is 1.83. The molecule has 4 fully saturated rings. The molecule has 4 aliphatic carbocycles. The first kappa shape index (κ1) is 20.1. The Kier molecular flexibility index (Phi) is 4.43. The Morgan fingerprint density at radius 2 is 1.71 bits per heavy atom. The van der Waals surface area contributed by atoms with E-state index in [9.17, 15) is 14.4 Å². The molecule has 1 aromatic carbocycles. The van der Waals surface area contributed by atoms with Crippen LogP contribution in [-0.4, -0.2) is 26.7 Å². The van der Waals surface area contributed by atoms with Gasteiger partial charge in [-0.3, -0.25) is 19.1 Å². The highest BCUT2D eigenvalue weighted by Crippen LogP contribution is 2.61. The second-order valence-corrected chi connectivity index (χ2v) is 10.1. The summed E-state index contributed by atoms with van der Waals surface area (Å²) in [6, 6.07) is 9.44. The maximum Gasteiger partial charge on any atom is 0.295 e. The van der Waals surface area contributed by atoms with Crippen LogP contribution < -0.4 is 16.2 Å². The third kappa shape index (κ3) is 3.13. The number of hydrogen-bond donors (Lipinski definition) is 2. The highest BCUT2D eigenvalue weighted by Gasteiger charge is 2.61. The van der Waals surface area contributed by atoms with Crippen LogP contribution in [0, 0.1) is 24.2 Å². The molecule has 2 unspecified atom stereocenters. The molecule has 7 nitrogen and oxygen atoms in total. The average Bonchev–Trinajstić information content (AvgIpc) is 2.90. The average molecular weight is 423 g/mol. The first-order chi connectivity index (χ1) is 14.7. The number of nitrogens with zero attached hydrogens (tertiary/aromatic N) is 2. The van der Waals surface area contributed by atoms with Gasteiger partial charge in [0, 0.05) is 19.5 Å². The summed E-state index contributed by atoms with van der Waals surface area (Å²) in [5.74, 6) is 0.817. The lowest BCUT2D eigenvalue weighted by atomic mass is 9.46. The van der Waals surface area contributed by atoms with Gasteiger partial charge in [-0.05, 0) is 69.4 Å². The van der Waals surface area contributed by atoms with Crippen LogP contribution in [0.15, 0.2) is 35.1 Å². The number of para-hydroxylation sites is 1. The van der Waals surface area contributed by atoms with Crippen molar-refractivity contribution in [3.05, 3.63) is 46.4 Å². The summed E-state index contributed by atoms with van der Waals surface area (Å²) in [5, 5.41) is 6.23. The van der Waals surface area contributed by atoms with Crippen molar-refractivity contribution in [1.82, 2.24) is 14.7 Å². The quantitative estimate of drug-likeness (QED) is 0.795. The first-order valence-corrected chi connectivity index (χ1v) is 11.2. The van der Waals surface area contributed by atoms with E-state index in [4.69, 9.17) is 0 Å². The summed E-state index contributed by atoms with van der Waals surface area (Å²) in [6.07, 6.45) is 5.41. The van der Waals surface area contributed by atoms with Crippen molar-refractivity contribution < 1.29 is 9.59 Å². The number of carbonyl (C=O) groups is 2. The Balaban J connectivity index is 1.47. The zero-order valence-corrected chi connectivity index (χ0v) is 18.4. The fourth-order valence-electron chi connectivity index (χ4n) is 7.01. The zero-order chi connectivity index (χ0) is 22.0. The Labute approximate surface area is 181 Å². The number of hydrogen-bond acceptors (Lipinski definition) is 3. The molecule has 2 amide bonds. The van der Waals surface area contributed by atoms with Crippen LogP contribution in [0.25, 0.3) is 5.69 Å². The fourth-order valence-corrected chi connectivity index (χ4v) is 7.01. The van der Waals surface area contributed by atoms with Crippen molar-refractivity contribution in [1.29, 1.82) is 0 Å². The molecule has 4 atom stereocenters. The van der Waals surface area contributed by atoms with Gasteiger partial charge in [-0.1, -0.05) is 18.2 Å². The van der Waals surface area contributed by atoms with Gasteiger partial charge in [0.2, 0.25) is 11.8 Å². The maximum absolute atomic E-state index is 13.7. The van der Waals surface area contributed by atoms with Crippen molar-refractivity contribution >= 4 is 17.5 Å². The van der Waals surface area contributed by atoms with Gasteiger partial charge in [0.15, 0.2) is 0 Å². The molecule has 31 heavy (non-hydrogen) atoms. The zero-order valence-electron chi connectivity index (χ0n) is 18.4. The van der Waals surface area contributed by atoms with Gasteiger partial charge >= 0.3 is 0 Å². The number of amides is 2. The largest absolute Gasteiger partial charge is 0.351 e. The molecule has 164 valence electrons. The normalized spacial score (nSPS) is 30.9. The van der Waals surface area contributed by atoms with E-state index in [0.717, 1.165) is 43.5 Å². The first-order valence-electron chi connectivity index (χ1n) is 11.2. The summed E-state index contributed by atoms with van der Waals surface area (Å²) in [4.78, 5) is 38.8. The van der Waals surface area contributed by atoms with Crippen LogP contribution in [0.2, 0.25) is 0 Å². The Hall–Kier alpha value is -2.83. The number of nitrogens with one attached hydrogen (secondary N) is 2. The Morgan fingerprint density at radius 3 is 2.32 bits per heavy atom. The number of rotatable bonds is 4. The van der Waals surface area contributed by atoms with Crippen molar-refractivity contribution in [2.24, 2.45) is 24.3 Å². The molecule has 0 spiro atoms. The fraction of sp³-hybridized carbons (Fsp3) is 0.542. The number of aromatic nitrogens is 2. The van der Waals surface area contributed by atoms with Crippen molar-refractivity contribution in [2.45, 2.75) is 57.9 Å². The molecule has 0 aliphatic heterocycles. The second-order valence-electron chi connectivity index (χ2n) is 10.1. The molecule has 2 N–H and O–H groups in total. The van der Waals surface area contributed by atoms with Crippen LogP contribution in [0.5, 0.6) is 0 Å². The molecule has 4 aliphatic rings. The summed E-state index contributed by atoms with van der Waals surface area (Å²) in [6.45, 7) is 3.42.